The monoisotopic (exact) mass is 377 g/mol. The van der Waals surface area contributed by atoms with Gasteiger partial charge in [0.2, 0.25) is 0 Å². The van der Waals surface area contributed by atoms with Crippen molar-refractivity contribution >= 4 is 29.9 Å². The van der Waals surface area contributed by atoms with Crippen molar-refractivity contribution in [2.45, 2.75) is 26.8 Å². The predicted molar refractivity (Wildman–Crippen MR) is 91.7 cm³/mol. The molecule has 0 saturated heterocycles. The van der Waals surface area contributed by atoms with Gasteiger partial charge in [-0.25, -0.2) is 0 Å². The quantitative estimate of drug-likeness (QED) is 0.359. The molecule has 19 heavy (non-hydrogen) atoms. The maximum atomic E-state index is 5.69. The first-order chi connectivity index (χ1) is 8.63. The number of aliphatic imine (C=N–C) groups is 1. The molecule has 0 fully saturated rings. The molecule has 0 saturated carbocycles. The molecule has 4 nitrogen and oxygen atoms in total. The molecule has 0 unspecified atom stereocenters. The number of nitrogens with zero attached hydrogens (tertiary/aromatic N) is 1. The van der Waals surface area contributed by atoms with Crippen molar-refractivity contribution in [2.24, 2.45) is 4.99 Å². The van der Waals surface area contributed by atoms with Crippen molar-refractivity contribution in [3.05, 3.63) is 29.8 Å². The van der Waals surface area contributed by atoms with Crippen LogP contribution in [0, 0.1) is 6.92 Å². The van der Waals surface area contributed by atoms with Crippen LogP contribution >= 0.6 is 24.0 Å². The average Bonchev–Trinajstić information content (AvgIpc) is 2.34. The summed E-state index contributed by atoms with van der Waals surface area (Å²) in [6.45, 7) is 7.54. The molecule has 0 bridgehead atoms. The van der Waals surface area contributed by atoms with Crippen molar-refractivity contribution in [2.75, 3.05) is 20.2 Å². The SMILES string of the molecule is CN=C(NCCOc1ccccc1C)NC(C)C.I. The molecule has 1 aromatic carbocycles. The van der Waals surface area contributed by atoms with Crippen LogP contribution in [-0.2, 0) is 0 Å². The van der Waals surface area contributed by atoms with Gasteiger partial charge in [-0.15, -0.1) is 24.0 Å². The van der Waals surface area contributed by atoms with Crippen molar-refractivity contribution in [3.8, 4) is 5.75 Å². The van der Waals surface area contributed by atoms with E-state index < -0.39 is 0 Å². The van der Waals surface area contributed by atoms with E-state index in [2.05, 4.69) is 29.5 Å². The zero-order valence-corrected chi connectivity index (χ0v) is 14.4. The highest BCUT2D eigenvalue weighted by atomic mass is 127. The van der Waals surface area contributed by atoms with E-state index in [9.17, 15) is 0 Å². The number of para-hydroxylation sites is 1. The normalized spacial score (nSPS) is 10.9. The third-order valence-electron chi connectivity index (χ3n) is 2.39. The van der Waals surface area contributed by atoms with Crippen LogP contribution in [0.25, 0.3) is 0 Å². The van der Waals surface area contributed by atoms with Crippen LogP contribution in [0.3, 0.4) is 0 Å². The summed E-state index contributed by atoms with van der Waals surface area (Å²) in [6, 6.07) is 8.39. The summed E-state index contributed by atoms with van der Waals surface area (Å²) in [5, 5.41) is 6.43. The lowest BCUT2D eigenvalue weighted by molar-refractivity contribution is 0.319. The van der Waals surface area contributed by atoms with Crippen LogP contribution in [0.5, 0.6) is 5.75 Å². The van der Waals surface area contributed by atoms with Crippen LogP contribution in [0.4, 0.5) is 0 Å². The highest BCUT2D eigenvalue weighted by molar-refractivity contribution is 14.0. The van der Waals surface area contributed by atoms with Gasteiger partial charge in [-0.1, -0.05) is 18.2 Å². The molecule has 0 spiro atoms. The summed E-state index contributed by atoms with van der Waals surface area (Å²) in [6.07, 6.45) is 0. The van der Waals surface area contributed by atoms with E-state index in [1.54, 1.807) is 7.05 Å². The standard InChI is InChI=1S/C14H23N3O.HI/c1-11(2)17-14(15-4)16-9-10-18-13-8-6-5-7-12(13)3;/h5-8,11H,9-10H2,1-4H3,(H2,15,16,17);1H. The smallest absolute Gasteiger partial charge is 0.191 e. The van der Waals surface area contributed by atoms with E-state index in [0.717, 1.165) is 23.8 Å². The lowest BCUT2D eigenvalue weighted by atomic mass is 10.2. The van der Waals surface area contributed by atoms with Crippen molar-refractivity contribution < 1.29 is 4.74 Å². The fourth-order valence-electron chi connectivity index (χ4n) is 1.52. The Hall–Kier alpha value is -0.980. The predicted octanol–water partition coefficient (Wildman–Crippen LogP) is 2.57. The summed E-state index contributed by atoms with van der Waals surface area (Å²) in [5.41, 5.74) is 1.15. The molecule has 0 atom stereocenters. The number of hydrogen-bond donors (Lipinski definition) is 2. The van der Waals surface area contributed by atoms with E-state index in [4.69, 9.17) is 4.74 Å². The first-order valence-corrected chi connectivity index (χ1v) is 6.29. The topological polar surface area (TPSA) is 45.7 Å². The third-order valence-corrected chi connectivity index (χ3v) is 2.39. The minimum atomic E-state index is 0. The van der Waals surface area contributed by atoms with Gasteiger partial charge in [0.1, 0.15) is 12.4 Å². The average molecular weight is 377 g/mol. The molecule has 1 rings (SSSR count). The first-order valence-electron chi connectivity index (χ1n) is 6.29. The lowest BCUT2D eigenvalue weighted by Gasteiger charge is -2.15. The molecule has 0 heterocycles. The van der Waals surface area contributed by atoms with Gasteiger partial charge in [0.25, 0.3) is 0 Å². The summed E-state index contributed by atoms with van der Waals surface area (Å²) in [5.74, 6) is 1.74. The Morgan fingerprint density at radius 3 is 2.58 bits per heavy atom. The molecule has 0 amide bonds. The summed E-state index contributed by atoms with van der Waals surface area (Å²) < 4.78 is 5.69. The second-order valence-corrected chi connectivity index (χ2v) is 4.41. The van der Waals surface area contributed by atoms with Gasteiger partial charge in [-0.05, 0) is 32.4 Å². The van der Waals surface area contributed by atoms with E-state index in [-0.39, 0.29) is 24.0 Å². The van der Waals surface area contributed by atoms with Gasteiger partial charge >= 0.3 is 0 Å². The van der Waals surface area contributed by atoms with Gasteiger partial charge < -0.3 is 15.4 Å². The van der Waals surface area contributed by atoms with Gasteiger partial charge in [0, 0.05) is 13.1 Å². The van der Waals surface area contributed by atoms with Crippen LogP contribution in [0.15, 0.2) is 29.3 Å². The molecular formula is C14H24IN3O. The molecule has 108 valence electrons. The summed E-state index contributed by atoms with van der Waals surface area (Å²) in [7, 11) is 1.76. The molecule has 0 aliphatic carbocycles. The molecule has 0 radical (unpaired) electrons. The molecule has 0 aliphatic heterocycles. The highest BCUT2D eigenvalue weighted by Crippen LogP contribution is 2.15. The second-order valence-electron chi connectivity index (χ2n) is 4.41. The lowest BCUT2D eigenvalue weighted by Crippen LogP contribution is -2.42. The number of benzene rings is 1. The number of halogens is 1. The maximum Gasteiger partial charge on any atom is 0.191 e. The first kappa shape index (κ1) is 18.0. The van der Waals surface area contributed by atoms with Crippen molar-refractivity contribution in [1.82, 2.24) is 10.6 Å². The Bertz CT molecular complexity index is 394. The number of guanidine groups is 1. The molecule has 0 aliphatic rings. The van der Waals surface area contributed by atoms with Gasteiger partial charge in [0.15, 0.2) is 5.96 Å². The van der Waals surface area contributed by atoms with Crippen LogP contribution in [-0.4, -0.2) is 32.2 Å². The Labute approximate surface area is 133 Å². The van der Waals surface area contributed by atoms with E-state index in [1.165, 1.54) is 0 Å². The molecule has 5 heteroatoms. The number of nitrogens with one attached hydrogen (secondary N) is 2. The van der Waals surface area contributed by atoms with Crippen LogP contribution < -0.4 is 15.4 Å². The molecular weight excluding hydrogens is 353 g/mol. The Morgan fingerprint density at radius 2 is 2.00 bits per heavy atom. The Balaban J connectivity index is 0.00000324. The number of aryl methyl sites for hydroxylation is 1. The largest absolute Gasteiger partial charge is 0.491 e. The fourth-order valence-corrected chi connectivity index (χ4v) is 1.52. The Morgan fingerprint density at radius 1 is 1.32 bits per heavy atom. The van der Waals surface area contributed by atoms with Crippen LogP contribution in [0.1, 0.15) is 19.4 Å². The minimum Gasteiger partial charge on any atom is -0.491 e. The summed E-state index contributed by atoms with van der Waals surface area (Å²) >= 11 is 0. The highest BCUT2D eigenvalue weighted by Gasteiger charge is 2.00. The minimum absolute atomic E-state index is 0. The molecule has 0 aromatic heterocycles. The van der Waals surface area contributed by atoms with Gasteiger partial charge in [-0.3, -0.25) is 4.99 Å². The van der Waals surface area contributed by atoms with Crippen molar-refractivity contribution in [1.29, 1.82) is 0 Å². The summed E-state index contributed by atoms with van der Waals surface area (Å²) in [4.78, 5) is 4.13. The maximum absolute atomic E-state index is 5.69. The second kappa shape index (κ2) is 9.89. The number of hydrogen-bond acceptors (Lipinski definition) is 2. The fraction of sp³-hybridized carbons (Fsp3) is 0.500. The third kappa shape index (κ3) is 7.25. The van der Waals surface area contributed by atoms with Crippen molar-refractivity contribution in [3.63, 3.8) is 0 Å². The Kier molecular flexibility index (Phi) is 9.38. The van der Waals surface area contributed by atoms with E-state index in [1.807, 2.05) is 31.2 Å². The molecule has 2 N–H and O–H groups in total. The van der Waals surface area contributed by atoms with Gasteiger partial charge in [0.05, 0.1) is 6.54 Å². The zero-order valence-electron chi connectivity index (χ0n) is 12.1. The zero-order chi connectivity index (χ0) is 13.4. The van der Waals surface area contributed by atoms with Crippen LogP contribution in [0.2, 0.25) is 0 Å². The van der Waals surface area contributed by atoms with E-state index >= 15 is 0 Å². The van der Waals surface area contributed by atoms with E-state index in [0.29, 0.717) is 12.6 Å². The van der Waals surface area contributed by atoms with Gasteiger partial charge in [-0.2, -0.15) is 0 Å². The number of rotatable bonds is 5. The molecule has 1 aromatic rings. The number of ether oxygens (including phenoxy) is 1.